The molecule has 5 nitrogen and oxygen atoms in total. The second-order valence-electron chi connectivity index (χ2n) is 7.04. The van der Waals surface area contributed by atoms with Gasteiger partial charge in [0.25, 0.3) is 5.56 Å². The lowest BCUT2D eigenvalue weighted by Gasteiger charge is -2.35. The number of fused-ring (bicyclic) bond motifs is 2. The Hall–Kier alpha value is -2.95. The highest BCUT2D eigenvalue weighted by atomic mass is 16.5. The maximum Gasteiger partial charge on any atom is 0.316 e. The van der Waals surface area contributed by atoms with Gasteiger partial charge in [-0.25, -0.2) is 4.98 Å². The van der Waals surface area contributed by atoms with Gasteiger partial charge in [-0.1, -0.05) is 38.1 Å². The smallest absolute Gasteiger partial charge is 0.316 e. The molecule has 3 heterocycles. The molecule has 138 valence electrons. The number of cyclic esters (lactones) is 1. The van der Waals surface area contributed by atoms with Gasteiger partial charge in [-0.05, 0) is 36.6 Å². The normalized spacial score (nSPS) is 15.4. The predicted octanol–water partition coefficient (Wildman–Crippen LogP) is 3.72. The van der Waals surface area contributed by atoms with Gasteiger partial charge in [-0.2, -0.15) is 0 Å². The molecule has 4 rings (SSSR count). The predicted molar refractivity (Wildman–Crippen MR) is 104 cm³/mol. The minimum absolute atomic E-state index is 0.0357. The number of carbonyl (C=O) groups excluding carboxylic acids is 1. The van der Waals surface area contributed by atoms with Gasteiger partial charge in [-0.3, -0.25) is 9.59 Å². The summed E-state index contributed by atoms with van der Waals surface area (Å²) in [4.78, 5) is 30.4. The van der Waals surface area contributed by atoms with Crippen molar-refractivity contribution in [3.05, 3.63) is 63.9 Å². The molecule has 2 aromatic heterocycles. The molecule has 0 bridgehead atoms. The van der Waals surface area contributed by atoms with Crippen LogP contribution in [0.3, 0.4) is 0 Å². The van der Waals surface area contributed by atoms with Crippen LogP contribution in [0.15, 0.2) is 47.3 Å². The van der Waals surface area contributed by atoms with E-state index >= 15 is 0 Å². The van der Waals surface area contributed by atoms with Crippen LogP contribution in [0.2, 0.25) is 0 Å². The van der Waals surface area contributed by atoms with Crippen LogP contribution in [0.5, 0.6) is 0 Å². The lowest BCUT2D eigenvalue weighted by atomic mass is 9.73. The van der Waals surface area contributed by atoms with Crippen LogP contribution in [0.4, 0.5) is 0 Å². The molecule has 5 heteroatoms. The number of hydrogen-bond acceptors (Lipinski definition) is 4. The Morgan fingerprint density at radius 3 is 2.59 bits per heavy atom. The van der Waals surface area contributed by atoms with Gasteiger partial charge in [0.2, 0.25) is 0 Å². The first-order valence-corrected chi connectivity index (χ1v) is 9.28. The second-order valence-corrected chi connectivity index (χ2v) is 7.04. The van der Waals surface area contributed by atoms with Gasteiger partial charge < -0.3 is 9.30 Å². The number of para-hydroxylation sites is 1. The average Bonchev–Trinajstić information content (AvgIpc) is 2.70. The van der Waals surface area contributed by atoms with Crippen molar-refractivity contribution in [1.29, 1.82) is 0 Å². The van der Waals surface area contributed by atoms with Crippen LogP contribution in [0.1, 0.15) is 37.8 Å². The first kappa shape index (κ1) is 17.5. The van der Waals surface area contributed by atoms with Crippen LogP contribution in [0.25, 0.3) is 22.3 Å². The van der Waals surface area contributed by atoms with Gasteiger partial charge in [-0.15, -0.1) is 0 Å². The van der Waals surface area contributed by atoms with E-state index in [9.17, 15) is 9.59 Å². The van der Waals surface area contributed by atoms with Crippen molar-refractivity contribution in [3.8, 4) is 11.4 Å². The zero-order valence-corrected chi connectivity index (χ0v) is 15.8. The van der Waals surface area contributed by atoms with Gasteiger partial charge >= 0.3 is 5.97 Å². The Labute approximate surface area is 157 Å². The Morgan fingerprint density at radius 2 is 1.85 bits per heavy atom. The minimum Gasteiger partial charge on any atom is -0.460 e. The highest BCUT2D eigenvalue weighted by Gasteiger charge is 2.44. The number of esters is 1. The molecule has 1 aliphatic heterocycles. The van der Waals surface area contributed by atoms with Crippen molar-refractivity contribution in [2.45, 2.75) is 38.7 Å². The molecule has 0 unspecified atom stereocenters. The number of aromatic nitrogens is 2. The first-order chi connectivity index (χ1) is 13.0. The topological polar surface area (TPSA) is 61.2 Å². The first-order valence-electron chi connectivity index (χ1n) is 9.28. The summed E-state index contributed by atoms with van der Waals surface area (Å²) in [7, 11) is 1.74. The Kier molecular flexibility index (Phi) is 4.10. The third-order valence-corrected chi connectivity index (χ3v) is 5.85. The maximum absolute atomic E-state index is 13.0. The van der Waals surface area contributed by atoms with Crippen molar-refractivity contribution in [3.63, 3.8) is 0 Å². The van der Waals surface area contributed by atoms with E-state index in [1.54, 1.807) is 11.6 Å². The largest absolute Gasteiger partial charge is 0.460 e. The summed E-state index contributed by atoms with van der Waals surface area (Å²) >= 11 is 0. The highest BCUT2D eigenvalue weighted by molar-refractivity contribution is 5.86. The van der Waals surface area contributed by atoms with E-state index in [-0.39, 0.29) is 18.1 Å². The third kappa shape index (κ3) is 2.49. The summed E-state index contributed by atoms with van der Waals surface area (Å²) < 4.78 is 6.98. The zero-order chi connectivity index (χ0) is 19.2. The van der Waals surface area contributed by atoms with Crippen LogP contribution in [-0.4, -0.2) is 15.5 Å². The van der Waals surface area contributed by atoms with Crippen molar-refractivity contribution < 1.29 is 9.53 Å². The number of rotatable bonds is 3. The zero-order valence-electron chi connectivity index (χ0n) is 15.8. The quantitative estimate of drug-likeness (QED) is 0.666. The second kappa shape index (κ2) is 6.34. The van der Waals surface area contributed by atoms with E-state index in [4.69, 9.17) is 9.72 Å². The van der Waals surface area contributed by atoms with Gasteiger partial charge in [0.1, 0.15) is 6.61 Å². The number of ether oxygens (including phenoxy) is 1. The summed E-state index contributed by atoms with van der Waals surface area (Å²) in [6.45, 7) is 3.96. The van der Waals surface area contributed by atoms with Crippen molar-refractivity contribution >= 4 is 16.9 Å². The fourth-order valence-electron chi connectivity index (χ4n) is 4.07. The van der Waals surface area contributed by atoms with Crippen molar-refractivity contribution in [2.75, 3.05) is 0 Å². The summed E-state index contributed by atoms with van der Waals surface area (Å²) in [5.41, 5.74) is 2.77. The molecule has 1 aromatic carbocycles. The van der Waals surface area contributed by atoms with Crippen molar-refractivity contribution in [1.82, 2.24) is 9.55 Å². The molecule has 0 saturated heterocycles. The molecule has 0 spiro atoms. The van der Waals surface area contributed by atoms with Crippen LogP contribution in [0, 0.1) is 0 Å². The molecule has 0 radical (unpaired) electrons. The lowest BCUT2D eigenvalue weighted by Crippen LogP contribution is -2.44. The molecule has 1 aliphatic rings. The van der Waals surface area contributed by atoms with E-state index < -0.39 is 5.41 Å². The summed E-state index contributed by atoms with van der Waals surface area (Å²) in [6, 6.07) is 13.8. The molecule has 0 saturated carbocycles. The molecular weight excluding hydrogens is 340 g/mol. The Bertz CT molecular complexity index is 1110. The third-order valence-electron chi connectivity index (χ3n) is 5.85. The number of carbonyl (C=O) groups is 1. The van der Waals surface area contributed by atoms with Crippen molar-refractivity contribution in [2.24, 2.45) is 7.05 Å². The minimum atomic E-state index is -0.771. The molecule has 0 aliphatic carbocycles. The monoisotopic (exact) mass is 362 g/mol. The highest BCUT2D eigenvalue weighted by Crippen LogP contribution is 2.39. The fourth-order valence-corrected chi connectivity index (χ4v) is 4.07. The lowest BCUT2D eigenvalue weighted by molar-refractivity contribution is -0.154. The van der Waals surface area contributed by atoms with E-state index in [0.717, 1.165) is 22.2 Å². The van der Waals surface area contributed by atoms with Gasteiger partial charge in [0.05, 0.1) is 27.9 Å². The Morgan fingerprint density at radius 1 is 1.11 bits per heavy atom. The summed E-state index contributed by atoms with van der Waals surface area (Å²) in [6.07, 6.45) is 1.18. The molecule has 0 fully saturated rings. The van der Waals surface area contributed by atoms with Crippen LogP contribution < -0.4 is 5.56 Å². The molecule has 0 atom stereocenters. The number of hydrogen-bond donors (Lipinski definition) is 0. The van der Waals surface area contributed by atoms with E-state index in [2.05, 4.69) is 0 Å². The standard InChI is InChI=1S/C22H22N2O3/c1-4-22(5-2)16-12-19(24(3)20(25)15(16)13-27-21(22)26)18-11-10-14-8-6-7-9-17(14)23-18/h6-12H,4-5,13H2,1-3H3. The molecule has 27 heavy (non-hydrogen) atoms. The number of benzene rings is 1. The maximum atomic E-state index is 13.0. The summed E-state index contributed by atoms with van der Waals surface area (Å²) in [5.74, 6) is -0.245. The number of nitrogens with zero attached hydrogens (tertiary/aromatic N) is 2. The van der Waals surface area contributed by atoms with E-state index in [1.807, 2.05) is 56.3 Å². The van der Waals surface area contributed by atoms with Crippen LogP contribution >= 0.6 is 0 Å². The molecule has 0 N–H and O–H groups in total. The molecule has 3 aromatic rings. The van der Waals surface area contributed by atoms with Gasteiger partial charge in [0, 0.05) is 12.4 Å². The van der Waals surface area contributed by atoms with E-state index in [0.29, 0.717) is 24.1 Å². The molecular formula is C22H22N2O3. The number of pyridine rings is 2. The molecule has 0 amide bonds. The summed E-state index contributed by atoms with van der Waals surface area (Å²) in [5, 5.41) is 1.05. The SMILES string of the molecule is CCC1(CC)C(=O)OCc2c1cc(-c1ccc3ccccc3n1)n(C)c2=O. The average molecular weight is 362 g/mol. The van der Waals surface area contributed by atoms with Crippen LogP contribution in [-0.2, 0) is 28.6 Å². The van der Waals surface area contributed by atoms with E-state index in [1.165, 1.54) is 0 Å². The van der Waals surface area contributed by atoms with Gasteiger partial charge in [0.15, 0.2) is 0 Å². The fraction of sp³-hybridized carbons (Fsp3) is 0.318. The Balaban J connectivity index is 2.00.